The zero-order valence-electron chi connectivity index (χ0n) is 35.2. The van der Waals surface area contributed by atoms with Gasteiger partial charge < -0.3 is 4.90 Å². The van der Waals surface area contributed by atoms with Gasteiger partial charge in [0, 0.05) is 24.3 Å². The van der Waals surface area contributed by atoms with E-state index in [9.17, 15) is 4.79 Å². The third-order valence-electron chi connectivity index (χ3n) is 11.3. The predicted octanol–water partition coefficient (Wildman–Crippen LogP) is 17.0. The summed E-state index contributed by atoms with van der Waals surface area (Å²) in [5.74, 6) is 0. The normalized spacial score (nSPS) is 11.5. The maximum atomic E-state index is 11.9. The molecule has 0 aliphatic carbocycles. The van der Waals surface area contributed by atoms with Crippen LogP contribution in [0.25, 0.3) is 12.2 Å². The molecule has 0 N–H and O–H groups in total. The highest BCUT2D eigenvalue weighted by Crippen LogP contribution is 2.26. The summed E-state index contributed by atoms with van der Waals surface area (Å²) in [5.41, 5.74) is 4.43. The van der Waals surface area contributed by atoms with E-state index in [0.29, 0.717) is 0 Å². The minimum absolute atomic E-state index is 0.779. The van der Waals surface area contributed by atoms with Crippen molar-refractivity contribution in [3.05, 3.63) is 65.2 Å². The van der Waals surface area contributed by atoms with Crippen LogP contribution in [-0.2, 0) is 0 Å². The largest absolute Gasteiger partial charge is 0.371 e. The van der Waals surface area contributed by atoms with E-state index in [4.69, 9.17) is 0 Å². The second kappa shape index (κ2) is 35.4. The van der Waals surface area contributed by atoms with Gasteiger partial charge in [-0.2, -0.15) is 0 Å². The van der Waals surface area contributed by atoms with Crippen LogP contribution in [-0.4, -0.2) is 19.4 Å². The Morgan fingerprint density at radius 2 is 0.755 bits per heavy atom. The smallest absolute Gasteiger partial charge is 0.150 e. The van der Waals surface area contributed by atoms with Crippen molar-refractivity contribution in [3.63, 3.8) is 0 Å². The van der Waals surface area contributed by atoms with Crippen molar-refractivity contribution in [1.82, 2.24) is 0 Å². The predicted molar refractivity (Wildman–Crippen MR) is 239 cm³/mol. The molecule has 0 spiro atoms. The molecular weight excluding hydrogens is 643 g/mol. The van der Waals surface area contributed by atoms with Crippen molar-refractivity contribution in [3.8, 4) is 0 Å². The fourth-order valence-corrected chi connectivity index (χ4v) is 7.85. The van der Waals surface area contributed by atoms with Crippen LogP contribution < -0.4 is 4.90 Å². The number of unbranched alkanes of at least 4 members (excludes halogenated alkanes) is 30. The first-order valence-corrected chi connectivity index (χ1v) is 23.4. The SMILES string of the molecule is CCCCCCCCCCCCCCCCCCN(CCCCCCCCCCCCCCCCCC)c1cc(C=O)ccc1/C=C/c1ccccc1. The summed E-state index contributed by atoms with van der Waals surface area (Å²) in [6.07, 6.45) is 50.2. The van der Waals surface area contributed by atoms with E-state index in [1.54, 1.807) is 0 Å². The Morgan fingerprint density at radius 3 is 1.11 bits per heavy atom. The van der Waals surface area contributed by atoms with Crippen LogP contribution in [0.3, 0.4) is 0 Å². The molecule has 0 atom stereocenters. The Labute approximate surface area is 330 Å². The number of hydrogen-bond donors (Lipinski definition) is 0. The number of anilines is 1. The zero-order chi connectivity index (χ0) is 37.7. The standard InChI is InChI=1S/C51H85NO/c1-3-5-7-9-11-13-15-17-19-21-23-25-27-29-31-36-44-52(45-37-32-30-28-26-24-22-20-18-16-14-12-10-8-6-4-2)51-46-49(47-53)41-43-50(51)42-40-48-38-34-33-35-39-48/h33-35,38-43,46-47H,3-32,36-37,44-45H2,1-2H3/b42-40+. The van der Waals surface area contributed by atoms with Crippen molar-refractivity contribution in [2.45, 2.75) is 219 Å². The van der Waals surface area contributed by atoms with E-state index in [0.717, 1.165) is 24.9 Å². The highest BCUT2D eigenvalue weighted by molar-refractivity contribution is 5.83. The first-order chi connectivity index (χ1) is 26.3. The number of carbonyl (C=O) groups is 1. The first kappa shape index (κ1) is 46.8. The molecule has 2 rings (SSSR count). The molecule has 2 aromatic rings. The molecular formula is C51H85NO. The average Bonchev–Trinajstić information content (AvgIpc) is 3.19. The lowest BCUT2D eigenvalue weighted by Gasteiger charge is -2.27. The fourth-order valence-electron chi connectivity index (χ4n) is 7.85. The topological polar surface area (TPSA) is 20.3 Å². The van der Waals surface area contributed by atoms with Crippen molar-refractivity contribution in [1.29, 1.82) is 0 Å². The molecule has 2 aromatic carbocycles. The number of nitrogens with zero attached hydrogens (tertiary/aromatic N) is 1. The Kier molecular flexibility index (Phi) is 31.2. The molecule has 0 aromatic heterocycles. The van der Waals surface area contributed by atoms with E-state index in [1.807, 2.05) is 6.07 Å². The number of rotatable bonds is 38. The van der Waals surface area contributed by atoms with Gasteiger partial charge in [-0.05, 0) is 30.0 Å². The molecule has 2 nitrogen and oxygen atoms in total. The minimum atomic E-state index is 0.779. The molecule has 0 unspecified atom stereocenters. The minimum Gasteiger partial charge on any atom is -0.371 e. The van der Waals surface area contributed by atoms with Crippen molar-refractivity contribution < 1.29 is 4.79 Å². The van der Waals surface area contributed by atoms with Crippen molar-refractivity contribution in [2.24, 2.45) is 0 Å². The highest BCUT2D eigenvalue weighted by atomic mass is 16.1. The molecule has 0 amide bonds. The molecule has 2 heteroatoms. The monoisotopic (exact) mass is 728 g/mol. The summed E-state index contributed by atoms with van der Waals surface area (Å²) >= 11 is 0. The summed E-state index contributed by atoms with van der Waals surface area (Å²) in [7, 11) is 0. The second-order valence-electron chi connectivity index (χ2n) is 16.3. The number of aldehydes is 1. The van der Waals surface area contributed by atoms with Gasteiger partial charge in [0.1, 0.15) is 6.29 Å². The average molecular weight is 728 g/mol. The number of benzene rings is 2. The van der Waals surface area contributed by atoms with Crippen LogP contribution in [0.1, 0.15) is 241 Å². The Morgan fingerprint density at radius 1 is 0.396 bits per heavy atom. The van der Waals surface area contributed by atoms with Crippen LogP contribution in [0.4, 0.5) is 5.69 Å². The van der Waals surface area contributed by atoms with Crippen molar-refractivity contribution >= 4 is 24.1 Å². The summed E-state index contributed by atoms with van der Waals surface area (Å²) in [4.78, 5) is 14.5. The highest BCUT2D eigenvalue weighted by Gasteiger charge is 2.12. The van der Waals surface area contributed by atoms with Gasteiger partial charge in [-0.25, -0.2) is 0 Å². The van der Waals surface area contributed by atoms with E-state index >= 15 is 0 Å². The Hall–Kier alpha value is -2.35. The molecule has 300 valence electrons. The fraction of sp³-hybridized carbons (Fsp3) is 0.706. The number of hydrogen-bond acceptors (Lipinski definition) is 2. The zero-order valence-corrected chi connectivity index (χ0v) is 35.2. The van der Waals surface area contributed by atoms with Gasteiger partial charge in [0.05, 0.1) is 0 Å². The summed E-state index contributed by atoms with van der Waals surface area (Å²) in [5, 5.41) is 0. The molecule has 0 saturated heterocycles. The molecule has 0 bridgehead atoms. The number of carbonyl (C=O) groups excluding carboxylic acids is 1. The quantitative estimate of drug-likeness (QED) is 0.0390. The first-order valence-electron chi connectivity index (χ1n) is 23.4. The van der Waals surface area contributed by atoms with Gasteiger partial charge in [0.2, 0.25) is 0 Å². The van der Waals surface area contributed by atoms with Gasteiger partial charge in [0.25, 0.3) is 0 Å². The van der Waals surface area contributed by atoms with Gasteiger partial charge in [-0.15, -0.1) is 0 Å². The molecule has 0 aliphatic rings. The van der Waals surface area contributed by atoms with E-state index in [-0.39, 0.29) is 0 Å². The summed E-state index contributed by atoms with van der Waals surface area (Å²) < 4.78 is 0. The lowest BCUT2D eigenvalue weighted by molar-refractivity contribution is 0.112. The molecule has 53 heavy (non-hydrogen) atoms. The van der Waals surface area contributed by atoms with Crippen LogP contribution in [0, 0.1) is 0 Å². The third-order valence-corrected chi connectivity index (χ3v) is 11.3. The molecule has 0 aliphatic heterocycles. The second-order valence-corrected chi connectivity index (χ2v) is 16.3. The van der Waals surface area contributed by atoms with Gasteiger partial charge in [-0.1, -0.05) is 261 Å². The lowest BCUT2D eigenvalue weighted by Crippen LogP contribution is -2.26. The van der Waals surface area contributed by atoms with E-state index < -0.39 is 0 Å². The lowest BCUT2D eigenvalue weighted by atomic mass is 10.0. The maximum Gasteiger partial charge on any atom is 0.150 e. The Balaban J connectivity index is 1.72. The van der Waals surface area contributed by atoms with Crippen LogP contribution >= 0.6 is 0 Å². The van der Waals surface area contributed by atoms with Crippen LogP contribution in [0.15, 0.2) is 48.5 Å². The third kappa shape index (κ3) is 26.2. The van der Waals surface area contributed by atoms with E-state index in [1.165, 1.54) is 222 Å². The summed E-state index contributed by atoms with van der Waals surface area (Å²) in [6, 6.07) is 16.8. The van der Waals surface area contributed by atoms with Gasteiger partial charge in [-0.3, -0.25) is 4.79 Å². The summed E-state index contributed by atoms with van der Waals surface area (Å²) in [6.45, 7) is 6.75. The van der Waals surface area contributed by atoms with Crippen molar-refractivity contribution in [2.75, 3.05) is 18.0 Å². The molecule has 0 fully saturated rings. The maximum absolute atomic E-state index is 11.9. The van der Waals surface area contributed by atoms with Crippen LogP contribution in [0.2, 0.25) is 0 Å². The van der Waals surface area contributed by atoms with Gasteiger partial charge in [0.15, 0.2) is 0 Å². The molecule has 0 radical (unpaired) electrons. The molecule has 0 heterocycles. The Bertz CT molecular complexity index is 1070. The van der Waals surface area contributed by atoms with Crippen LogP contribution in [0.5, 0.6) is 0 Å². The van der Waals surface area contributed by atoms with Gasteiger partial charge >= 0.3 is 0 Å². The van der Waals surface area contributed by atoms with E-state index in [2.05, 4.69) is 73.4 Å². The molecule has 0 saturated carbocycles.